The molecular formula is C30H22S2. The first-order chi connectivity index (χ1) is 15.4. The Kier molecular flexibility index (Phi) is 4.40. The van der Waals surface area contributed by atoms with Gasteiger partial charge in [0.25, 0.3) is 0 Å². The number of rotatable bonds is 0. The quantitative estimate of drug-likeness (QED) is 0.204. The Morgan fingerprint density at radius 2 is 1.09 bits per heavy atom. The maximum atomic E-state index is 3.41. The maximum Gasteiger partial charge on any atom is 0.0775 e. The van der Waals surface area contributed by atoms with E-state index in [0.717, 1.165) is 10.4 Å². The van der Waals surface area contributed by atoms with Crippen molar-refractivity contribution in [3.8, 4) is 11.8 Å². The Hall–Kier alpha value is -3.12. The molecule has 0 fully saturated rings. The summed E-state index contributed by atoms with van der Waals surface area (Å²) in [6.45, 7) is 8.68. The summed E-state index contributed by atoms with van der Waals surface area (Å²) >= 11 is 3.64. The summed E-state index contributed by atoms with van der Waals surface area (Å²) in [6.07, 6.45) is 0. The van der Waals surface area contributed by atoms with Crippen molar-refractivity contribution in [3.05, 3.63) is 92.7 Å². The van der Waals surface area contributed by atoms with Gasteiger partial charge in [0.1, 0.15) is 0 Å². The first kappa shape index (κ1) is 19.6. The van der Waals surface area contributed by atoms with E-state index in [4.69, 9.17) is 0 Å². The molecule has 0 saturated heterocycles. The van der Waals surface area contributed by atoms with E-state index in [1.54, 1.807) is 11.3 Å². The Bertz CT molecular complexity index is 1760. The third-order valence-corrected chi connectivity index (χ3v) is 8.44. The maximum absolute atomic E-state index is 3.41. The normalized spacial score (nSPS) is 11.5. The zero-order valence-electron chi connectivity index (χ0n) is 18.6. The summed E-state index contributed by atoms with van der Waals surface area (Å²) in [5.74, 6) is 6.75. The van der Waals surface area contributed by atoms with E-state index in [2.05, 4.69) is 100 Å². The number of thiophene rings is 2. The van der Waals surface area contributed by atoms with Gasteiger partial charge in [-0.1, -0.05) is 30.0 Å². The molecule has 0 N–H and O–H groups in total. The van der Waals surface area contributed by atoms with Gasteiger partial charge in [0, 0.05) is 30.6 Å². The molecule has 4 aromatic carbocycles. The average Bonchev–Trinajstić information content (AvgIpc) is 3.32. The van der Waals surface area contributed by atoms with E-state index in [1.165, 1.54) is 63.3 Å². The van der Waals surface area contributed by atoms with Crippen molar-refractivity contribution in [1.82, 2.24) is 0 Å². The zero-order chi connectivity index (χ0) is 22.0. The smallest absolute Gasteiger partial charge is 0.0775 e. The lowest BCUT2D eigenvalue weighted by atomic mass is 9.98. The number of hydrogen-bond acceptors (Lipinski definition) is 2. The molecule has 6 rings (SSSR count). The van der Waals surface area contributed by atoms with Crippen LogP contribution in [0.15, 0.2) is 60.7 Å². The lowest BCUT2D eigenvalue weighted by molar-refractivity contribution is 1.37. The van der Waals surface area contributed by atoms with Crippen molar-refractivity contribution >= 4 is 64.4 Å². The number of fused-ring (bicyclic) bond motifs is 5. The minimum atomic E-state index is 1.11. The van der Waals surface area contributed by atoms with Crippen LogP contribution in [-0.4, -0.2) is 0 Å². The van der Waals surface area contributed by atoms with Gasteiger partial charge in [-0.3, -0.25) is 0 Å². The SMILES string of the molecule is Cc1ccc(C#Cc2cc3cc4sc5cc6cc(C)c(C)cc6cc5c4cc3cc2C)s1. The van der Waals surface area contributed by atoms with Crippen molar-refractivity contribution in [2.24, 2.45) is 0 Å². The van der Waals surface area contributed by atoms with E-state index < -0.39 is 0 Å². The molecule has 0 atom stereocenters. The molecule has 154 valence electrons. The van der Waals surface area contributed by atoms with Crippen molar-refractivity contribution in [2.75, 3.05) is 0 Å². The third-order valence-electron chi connectivity index (χ3n) is 6.40. The molecular weight excluding hydrogens is 424 g/mol. The van der Waals surface area contributed by atoms with Crippen LogP contribution in [0.4, 0.5) is 0 Å². The standard InChI is InChI=1S/C30H22S2/c1-17-9-22-13-27-28-14-23-11-19(3)21(6-8-26-7-5-20(4)31-26)12-25(23)16-30(28)32-29(27)15-24(22)10-18(17)2/h5,7,9-16H,1-4H3. The molecule has 32 heavy (non-hydrogen) atoms. The van der Waals surface area contributed by atoms with Crippen molar-refractivity contribution in [3.63, 3.8) is 0 Å². The van der Waals surface area contributed by atoms with Crippen molar-refractivity contribution in [2.45, 2.75) is 27.7 Å². The molecule has 2 aromatic heterocycles. The van der Waals surface area contributed by atoms with Gasteiger partial charge in [-0.15, -0.1) is 22.7 Å². The van der Waals surface area contributed by atoms with Crippen LogP contribution in [0.5, 0.6) is 0 Å². The number of aryl methyl sites for hydroxylation is 4. The Labute approximate surface area is 196 Å². The minimum Gasteiger partial charge on any atom is -0.135 e. The van der Waals surface area contributed by atoms with Crippen LogP contribution in [0.2, 0.25) is 0 Å². The van der Waals surface area contributed by atoms with Crippen LogP contribution in [-0.2, 0) is 0 Å². The third kappa shape index (κ3) is 3.21. The van der Waals surface area contributed by atoms with Gasteiger partial charge in [0.2, 0.25) is 0 Å². The summed E-state index contributed by atoms with van der Waals surface area (Å²) in [7, 11) is 0. The molecule has 0 aliphatic carbocycles. The van der Waals surface area contributed by atoms with E-state index in [1.807, 2.05) is 11.3 Å². The highest BCUT2D eigenvalue weighted by atomic mass is 32.1. The molecule has 0 saturated carbocycles. The van der Waals surface area contributed by atoms with E-state index >= 15 is 0 Å². The molecule has 0 nitrogen and oxygen atoms in total. The van der Waals surface area contributed by atoms with Crippen LogP contribution in [0.25, 0.3) is 41.7 Å². The fourth-order valence-corrected chi connectivity index (χ4v) is 6.36. The first-order valence-electron chi connectivity index (χ1n) is 10.8. The van der Waals surface area contributed by atoms with Gasteiger partial charge in [-0.25, -0.2) is 0 Å². The van der Waals surface area contributed by atoms with Crippen LogP contribution in [0.1, 0.15) is 32.0 Å². The predicted octanol–water partition coefficient (Wildman–Crippen LogP) is 9.06. The summed E-state index contributed by atoms with van der Waals surface area (Å²) < 4.78 is 2.70. The lowest BCUT2D eigenvalue weighted by Gasteiger charge is -2.05. The number of benzene rings is 4. The highest BCUT2D eigenvalue weighted by molar-refractivity contribution is 7.26. The van der Waals surface area contributed by atoms with E-state index in [-0.39, 0.29) is 0 Å². The molecule has 0 spiro atoms. The summed E-state index contributed by atoms with van der Waals surface area (Å²) in [4.78, 5) is 2.43. The Morgan fingerprint density at radius 3 is 1.69 bits per heavy atom. The molecule has 0 unspecified atom stereocenters. The largest absolute Gasteiger partial charge is 0.135 e. The first-order valence-corrected chi connectivity index (χ1v) is 12.5. The minimum absolute atomic E-state index is 1.11. The van der Waals surface area contributed by atoms with Crippen LogP contribution < -0.4 is 0 Å². The molecule has 2 heterocycles. The van der Waals surface area contributed by atoms with Gasteiger partial charge >= 0.3 is 0 Å². The predicted molar refractivity (Wildman–Crippen MR) is 144 cm³/mol. The lowest BCUT2D eigenvalue weighted by Crippen LogP contribution is -1.84. The summed E-state index contributed by atoms with van der Waals surface area (Å²) in [6, 6.07) is 22.9. The van der Waals surface area contributed by atoms with Gasteiger partial charge in [0.15, 0.2) is 0 Å². The fraction of sp³-hybridized carbons (Fsp3) is 0.133. The molecule has 0 bridgehead atoms. The van der Waals surface area contributed by atoms with Gasteiger partial charge in [-0.2, -0.15) is 0 Å². The fourth-order valence-electron chi connectivity index (χ4n) is 4.47. The monoisotopic (exact) mass is 446 g/mol. The molecule has 2 heteroatoms. The molecule has 0 aliphatic heterocycles. The van der Waals surface area contributed by atoms with Crippen molar-refractivity contribution in [1.29, 1.82) is 0 Å². The van der Waals surface area contributed by atoms with Crippen LogP contribution in [0, 0.1) is 39.5 Å². The van der Waals surface area contributed by atoms with E-state index in [9.17, 15) is 0 Å². The average molecular weight is 447 g/mol. The summed E-state index contributed by atoms with van der Waals surface area (Å²) in [5, 5.41) is 7.91. The molecule has 0 aliphatic rings. The molecule has 0 radical (unpaired) electrons. The zero-order valence-corrected chi connectivity index (χ0v) is 20.2. The van der Waals surface area contributed by atoms with Crippen molar-refractivity contribution < 1.29 is 0 Å². The van der Waals surface area contributed by atoms with Gasteiger partial charge in [0.05, 0.1) is 4.88 Å². The number of hydrogen-bond donors (Lipinski definition) is 0. The second-order valence-electron chi connectivity index (χ2n) is 8.76. The van der Waals surface area contributed by atoms with Crippen LogP contribution >= 0.6 is 22.7 Å². The summed E-state index contributed by atoms with van der Waals surface area (Å²) in [5.41, 5.74) is 5.05. The molecule has 0 amide bonds. The Balaban J connectivity index is 1.55. The van der Waals surface area contributed by atoms with Gasteiger partial charge < -0.3 is 0 Å². The molecule has 6 aromatic rings. The van der Waals surface area contributed by atoms with Gasteiger partial charge in [-0.05, 0) is 108 Å². The highest BCUT2D eigenvalue weighted by Crippen LogP contribution is 2.39. The highest BCUT2D eigenvalue weighted by Gasteiger charge is 2.10. The second kappa shape index (κ2) is 7.20. The Morgan fingerprint density at radius 1 is 0.531 bits per heavy atom. The topological polar surface area (TPSA) is 0 Å². The van der Waals surface area contributed by atoms with Crippen LogP contribution in [0.3, 0.4) is 0 Å². The second-order valence-corrected chi connectivity index (χ2v) is 11.1. The van der Waals surface area contributed by atoms with E-state index in [0.29, 0.717) is 0 Å².